The molecule has 1 saturated heterocycles. The Bertz CT molecular complexity index is 504. The highest BCUT2D eigenvalue weighted by atomic mass is 16.3. The quantitative estimate of drug-likeness (QED) is 0.738. The summed E-state index contributed by atoms with van der Waals surface area (Å²) in [5.74, 6) is 0.0664. The summed E-state index contributed by atoms with van der Waals surface area (Å²) >= 11 is 0. The summed E-state index contributed by atoms with van der Waals surface area (Å²) in [6.45, 7) is 0.958. The number of rotatable bonds is 3. The molecule has 1 aliphatic heterocycles. The van der Waals surface area contributed by atoms with Gasteiger partial charge in [0, 0.05) is 37.7 Å². The van der Waals surface area contributed by atoms with E-state index >= 15 is 0 Å². The van der Waals surface area contributed by atoms with Gasteiger partial charge in [-0.3, -0.25) is 9.89 Å². The minimum Gasteiger partial charge on any atom is -0.391 e. The highest BCUT2D eigenvalue weighted by Gasteiger charge is 2.27. The fourth-order valence-electron chi connectivity index (χ4n) is 3.45. The number of aromatic nitrogens is 2. The number of hydrogen-bond acceptors (Lipinski definition) is 4. The van der Waals surface area contributed by atoms with Crippen LogP contribution in [0.15, 0.2) is 0 Å². The fourth-order valence-corrected chi connectivity index (χ4v) is 3.45. The molecule has 1 aliphatic carbocycles. The van der Waals surface area contributed by atoms with Crippen LogP contribution in [0.1, 0.15) is 42.6 Å². The first-order valence-electron chi connectivity index (χ1n) is 7.90. The Morgan fingerprint density at radius 1 is 1.38 bits per heavy atom. The number of hydrogen-bond donors (Lipinski definition) is 3. The average molecular weight is 292 g/mol. The number of nitrogens with zero attached hydrogens (tertiary/aromatic N) is 2. The highest BCUT2D eigenvalue weighted by Crippen LogP contribution is 2.23. The summed E-state index contributed by atoms with van der Waals surface area (Å²) in [5.41, 5.74) is 9.48. The summed E-state index contributed by atoms with van der Waals surface area (Å²) in [4.78, 5) is 14.0. The Labute approximate surface area is 124 Å². The summed E-state index contributed by atoms with van der Waals surface area (Å²) in [6.07, 6.45) is 5.78. The molecule has 0 unspecified atom stereocenters. The SMILES string of the molecule is N[C@H]1C[C@@H](O)CN(C(=O)CCc2n[nH]c3c2CCCC3)C1. The molecule has 2 aliphatic rings. The summed E-state index contributed by atoms with van der Waals surface area (Å²) < 4.78 is 0. The average Bonchev–Trinajstić information content (AvgIpc) is 2.87. The van der Waals surface area contributed by atoms with Crippen molar-refractivity contribution in [2.75, 3.05) is 13.1 Å². The maximum Gasteiger partial charge on any atom is 0.223 e. The molecule has 1 aromatic heterocycles. The van der Waals surface area contributed by atoms with Gasteiger partial charge in [-0.25, -0.2) is 0 Å². The molecule has 0 radical (unpaired) electrons. The van der Waals surface area contributed by atoms with Gasteiger partial charge >= 0.3 is 0 Å². The molecule has 2 atom stereocenters. The lowest BCUT2D eigenvalue weighted by molar-refractivity contribution is -0.134. The Kier molecular flexibility index (Phi) is 4.26. The first kappa shape index (κ1) is 14.5. The second-order valence-corrected chi connectivity index (χ2v) is 6.28. The second-order valence-electron chi connectivity index (χ2n) is 6.28. The molecule has 0 aromatic carbocycles. The normalized spacial score (nSPS) is 25.7. The van der Waals surface area contributed by atoms with Crippen molar-refractivity contribution >= 4 is 5.91 Å². The second kappa shape index (κ2) is 6.15. The van der Waals surface area contributed by atoms with Crippen LogP contribution in [0.25, 0.3) is 0 Å². The van der Waals surface area contributed by atoms with E-state index in [-0.39, 0.29) is 11.9 Å². The highest BCUT2D eigenvalue weighted by molar-refractivity contribution is 5.76. The van der Waals surface area contributed by atoms with Gasteiger partial charge in [0.2, 0.25) is 5.91 Å². The van der Waals surface area contributed by atoms with Crippen LogP contribution < -0.4 is 5.73 Å². The summed E-state index contributed by atoms with van der Waals surface area (Å²) in [5, 5.41) is 17.2. The Balaban J connectivity index is 1.57. The van der Waals surface area contributed by atoms with Crippen LogP contribution in [-0.2, 0) is 24.1 Å². The third-order valence-electron chi connectivity index (χ3n) is 4.53. The van der Waals surface area contributed by atoms with E-state index < -0.39 is 6.10 Å². The number of carbonyl (C=O) groups is 1. The molecule has 0 spiro atoms. The minimum absolute atomic E-state index is 0.0664. The van der Waals surface area contributed by atoms with Crippen molar-refractivity contribution in [2.45, 2.75) is 57.1 Å². The Morgan fingerprint density at radius 3 is 3.00 bits per heavy atom. The largest absolute Gasteiger partial charge is 0.391 e. The number of fused-ring (bicyclic) bond motifs is 1. The monoisotopic (exact) mass is 292 g/mol. The predicted molar refractivity (Wildman–Crippen MR) is 78.7 cm³/mol. The van der Waals surface area contributed by atoms with Gasteiger partial charge in [-0.15, -0.1) is 0 Å². The topological polar surface area (TPSA) is 95.2 Å². The van der Waals surface area contributed by atoms with Crippen molar-refractivity contribution in [2.24, 2.45) is 5.73 Å². The number of nitrogens with one attached hydrogen (secondary N) is 1. The van der Waals surface area contributed by atoms with Gasteiger partial charge < -0.3 is 15.7 Å². The van der Waals surface area contributed by atoms with Gasteiger partial charge in [-0.1, -0.05) is 0 Å². The number of aliphatic hydroxyl groups excluding tert-OH is 1. The minimum atomic E-state index is -0.490. The number of β-amino-alcohol motifs (C(OH)–C–C–N with tert-alkyl or cyclic N) is 1. The van der Waals surface area contributed by atoms with E-state index in [1.807, 2.05) is 0 Å². The van der Waals surface area contributed by atoms with E-state index in [0.29, 0.717) is 32.4 Å². The summed E-state index contributed by atoms with van der Waals surface area (Å²) in [7, 11) is 0. The molecule has 2 heterocycles. The lowest BCUT2D eigenvalue weighted by Gasteiger charge is -2.34. The van der Waals surface area contributed by atoms with Crippen molar-refractivity contribution in [3.05, 3.63) is 17.0 Å². The molecular weight excluding hydrogens is 268 g/mol. The van der Waals surface area contributed by atoms with Gasteiger partial charge in [-0.05, 0) is 37.7 Å². The van der Waals surface area contributed by atoms with E-state index in [1.54, 1.807) is 4.90 Å². The zero-order valence-electron chi connectivity index (χ0n) is 12.3. The molecule has 4 N–H and O–H groups in total. The van der Waals surface area contributed by atoms with Crippen molar-refractivity contribution in [3.63, 3.8) is 0 Å². The van der Waals surface area contributed by atoms with Crippen LogP contribution in [0.3, 0.4) is 0 Å². The number of aromatic amines is 1. The van der Waals surface area contributed by atoms with Crippen LogP contribution in [0.2, 0.25) is 0 Å². The lowest BCUT2D eigenvalue weighted by Crippen LogP contribution is -2.51. The lowest BCUT2D eigenvalue weighted by atomic mass is 9.94. The molecule has 0 saturated carbocycles. The van der Waals surface area contributed by atoms with Crippen molar-refractivity contribution < 1.29 is 9.90 Å². The smallest absolute Gasteiger partial charge is 0.223 e. The number of nitrogens with two attached hydrogens (primary N) is 1. The maximum atomic E-state index is 12.3. The van der Waals surface area contributed by atoms with Gasteiger partial charge in [0.1, 0.15) is 0 Å². The number of piperidine rings is 1. The molecular formula is C15H24N4O2. The number of aryl methyl sites for hydroxylation is 2. The molecule has 1 amide bonds. The molecule has 3 rings (SSSR count). The van der Waals surface area contributed by atoms with Gasteiger partial charge in [0.15, 0.2) is 0 Å². The zero-order chi connectivity index (χ0) is 14.8. The number of likely N-dealkylation sites (tertiary alicyclic amines) is 1. The zero-order valence-corrected chi connectivity index (χ0v) is 12.3. The molecule has 6 nitrogen and oxygen atoms in total. The first-order valence-corrected chi connectivity index (χ1v) is 7.90. The Hall–Kier alpha value is -1.40. The summed E-state index contributed by atoms with van der Waals surface area (Å²) in [6, 6.07) is -0.115. The number of carbonyl (C=O) groups excluding carboxylic acids is 1. The van der Waals surface area contributed by atoms with Crippen LogP contribution in [0.5, 0.6) is 0 Å². The fraction of sp³-hybridized carbons (Fsp3) is 0.733. The van der Waals surface area contributed by atoms with Gasteiger partial charge in [0.05, 0.1) is 11.8 Å². The molecule has 6 heteroatoms. The third-order valence-corrected chi connectivity index (χ3v) is 4.53. The van der Waals surface area contributed by atoms with E-state index in [1.165, 1.54) is 24.1 Å². The molecule has 1 aromatic rings. The number of aliphatic hydroxyl groups is 1. The number of amides is 1. The van der Waals surface area contributed by atoms with E-state index in [2.05, 4.69) is 10.2 Å². The molecule has 21 heavy (non-hydrogen) atoms. The third kappa shape index (κ3) is 3.27. The molecule has 1 fully saturated rings. The Morgan fingerprint density at radius 2 is 2.19 bits per heavy atom. The van der Waals surface area contributed by atoms with E-state index in [4.69, 9.17) is 5.73 Å². The first-order chi connectivity index (χ1) is 10.1. The van der Waals surface area contributed by atoms with Crippen LogP contribution in [-0.4, -0.2) is 51.3 Å². The van der Waals surface area contributed by atoms with Crippen LogP contribution in [0, 0.1) is 0 Å². The van der Waals surface area contributed by atoms with Crippen LogP contribution >= 0.6 is 0 Å². The standard InChI is InChI=1S/C15H24N4O2/c16-10-7-11(20)9-19(8-10)15(21)6-5-14-12-3-1-2-4-13(12)17-18-14/h10-11,20H,1-9,16H2,(H,17,18)/t10-,11+/m0/s1. The molecule has 0 bridgehead atoms. The van der Waals surface area contributed by atoms with Crippen molar-refractivity contribution in [1.82, 2.24) is 15.1 Å². The predicted octanol–water partition coefficient (Wildman–Crippen LogP) is 0.142. The van der Waals surface area contributed by atoms with Gasteiger partial charge in [0.25, 0.3) is 0 Å². The van der Waals surface area contributed by atoms with Crippen molar-refractivity contribution in [1.29, 1.82) is 0 Å². The van der Waals surface area contributed by atoms with E-state index in [0.717, 1.165) is 18.5 Å². The van der Waals surface area contributed by atoms with E-state index in [9.17, 15) is 9.90 Å². The maximum absolute atomic E-state index is 12.3. The van der Waals surface area contributed by atoms with Crippen LogP contribution in [0.4, 0.5) is 0 Å². The van der Waals surface area contributed by atoms with Gasteiger partial charge in [-0.2, -0.15) is 5.10 Å². The van der Waals surface area contributed by atoms with Crippen molar-refractivity contribution in [3.8, 4) is 0 Å². The number of H-pyrrole nitrogens is 1. The molecule has 116 valence electrons.